The summed E-state index contributed by atoms with van der Waals surface area (Å²) in [5.41, 5.74) is 8.22. The number of allylic oxidation sites excluding steroid dienone is 2. The van der Waals surface area contributed by atoms with Crippen molar-refractivity contribution in [3.63, 3.8) is 0 Å². The Bertz CT molecular complexity index is 693. The molecule has 3 heterocycles. The maximum absolute atomic E-state index is 6.04. The number of nitrogens with two attached hydrogens (primary N) is 1. The molecule has 0 radical (unpaired) electrons. The van der Waals surface area contributed by atoms with Crippen LogP contribution in [0.1, 0.15) is 11.3 Å². The van der Waals surface area contributed by atoms with Gasteiger partial charge in [-0.25, -0.2) is 5.01 Å². The van der Waals surface area contributed by atoms with E-state index < -0.39 is 0 Å². The van der Waals surface area contributed by atoms with Crippen LogP contribution in [0, 0.1) is 0 Å². The van der Waals surface area contributed by atoms with Gasteiger partial charge < -0.3 is 5.73 Å². The highest BCUT2D eigenvalue weighted by molar-refractivity contribution is 5.77. The molecule has 1 aliphatic heterocycles. The van der Waals surface area contributed by atoms with Gasteiger partial charge in [0.1, 0.15) is 0 Å². The normalized spacial score (nSPS) is 18.2. The Hall–Kier alpha value is -2.54. The predicted octanol–water partition coefficient (Wildman–Crippen LogP) is 0.505. The summed E-state index contributed by atoms with van der Waals surface area (Å²) in [6.07, 6.45) is 9.22. The lowest BCUT2D eigenvalue weighted by atomic mass is 10.0. The molecule has 0 spiro atoms. The van der Waals surface area contributed by atoms with Crippen molar-refractivity contribution in [2.45, 2.75) is 6.17 Å². The lowest BCUT2D eigenvalue weighted by Crippen LogP contribution is -2.72. The van der Waals surface area contributed by atoms with Gasteiger partial charge in [-0.3, -0.25) is 15.8 Å². The molecule has 0 aliphatic carbocycles. The van der Waals surface area contributed by atoms with Crippen LogP contribution in [-0.4, -0.2) is 33.3 Å². The number of quaternary nitrogens is 1. The minimum atomic E-state index is -0.168. The molecule has 112 valence electrons. The summed E-state index contributed by atoms with van der Waals surface area (Å²) in [4.78, 5) is 8.47. The van der Waals surface area contributed by atoms with Crippen LogP contribution in [0.3, 0.4) is 0 Å². The molecule has 0 fully saturated rings. The highest BCUT2D eigenvalue weighted by Crippen LogP contribution is 2.29. The Kier molecular flexibility index (Phi) is 3.97. The smallest absolute Gasteiger partial charge is 0.203 e. The van der Waals surface area contributed by atoms with Gasteiger partial charge in [-0.1, -0.05) is 6.07 Å². The molecule has 2 aromatic heterocycles. The number of pyridine rings is 2. The van der Waals surface area contributed by atoms with Gasteiger partial charge in [-0.05, 0) is 36.4 Å². The average molecular weight is 295 g/mol. The van der Waals surface area contributed by atoms with Crippen LogP contribution in [0.5, 0.6) is 0 Å². The Labute approximate surface area is 129 Å². The van der Waals surface area contributed by atoms with Crippen LogP contribution in [0.25, 0.3) is 11.3 Å². The van der Waals surface area contributed by atoms with E-state index in [-0.39, 0.29) is 6.17 Å². The zero-order chi connectivity index (χ0) is 15.5. The molecule has 0 bridgehead atoms. The molecule has 2 aromatic rings. The van der Waals surface area contributed by atoms with Crippen molar-refractivity contribution >= 4 is 11.3 Å². The van der Waals surface area contributed by atoms with Crippen LogP contribution in [0.2, 0.25) is 0 Å². The van der Waals surface area contributed by atoms with Crippen molar-refractivity contribution in [2.24, 2.45) is 5.84 Å². The van der Waals surface area contributed by atoms with E-state index in [1.165, 1.54) is 0 Å². The topological polar surface area (TPSA) is 85.9 Å². The molecule has 0 saturated heterocycles. The van der Waals surface area contributed by atoms with Gasteiger partial charge in [0.2, 0.25) is 6.17 Å². The molecule has 22 heavy (non-hydrogen) atoms. The minimum Gasteiger partial charge on any atom is -0.333 e. The second-order valence-electron chi connectivity index (χ2n) is 5.06. The van der Waals surface area contributed by atoms with Crippen molar-refractivity contribution < 1.29 is 5.73 Å². The van der Waals surface area contributed by atoms with Crippen molar-refractivity contribution in [2.75, 3.05) is 7.05 Å². The summed E-state index contributed by atoms with van der Waals surface area (Å²) in [7, 11) is 1.80. The van der Waals surface area contributed by atoms with Crippen molar-refractivity contribution in [3.8, 4) is 0 Å². The fourth-order valence-corrected chi connectivity index (χ4v) is 2.59. The lowest BCUT2D eigenvalue weighted by molar-refractivity contribution is -0.445. The fraction of sp³-hybridized carbons (Fsp3) is 0.125. The summed E-state index contributed by atoms with van der Waals surface area (Å²) in [6.45, 7) is 0. The molecular weight excluding hydrogens is 276 g/mol. The van der Waals surface area contributed by atoms with E-state index in [1.54, 1.807) is 30.8 Å². The van der Waals surface area contributed by atoms with Gasteiger partial charge in [0.25, 0.3) is 0 Å². The summed E-state index contributed by atoms with van der Waals surface area (Å²) >= 11 is 0. The first kappa shape index (κ1) is 14.4. The number of hydrogen-bond donors (Lipinski definition) is 2. The standard InChI is InChI=1S/C16H18N6/c1-21(18)22-15(12-7-10-19-11-8-12)6-5-13(16(22)17)14-4-2-3-9-20-14/h2-11,16H,17-18H2,1H3/p+1. The third kappa shape index (κ3) is 2.62. The van der Waals surface area contributed by atoms with Gasteiger partial charge in [-0.2, -0.15) is 5.12 Å². The van der Waals surface area contributed by atoms with Crippen LogP contribution < -0.4 is 11.6 Å². The molecule has 1 atom stereocenters. The quantitative estimate of drug-likeness (QED) is 0.636. The summed E-state index contributed by atoms with van der Waals surface area (Å²) < 4.78 is 0. The van der Waals surface area contributed by atoms with Gasteiger partial charge in [0, 0.05) is 31.2 Å². The van der Waals surface area contributed by atoms with Crippen molar-refractivity contribution in [3.05, 3.63) is 72.3 Å². The van der Waals surface area contributed by atoms with E-state index >= 15 is 0 Å². The average Bonchev–Trinajstić information content (AvgIpc) is 2.55. The van der Waals surface area contributed by atoms with Gasteiger partial charge in [0.15, 0.2) is 0 Å². The summed E-state index contributed by atoms with van der Waals surface area (Å²) in [5, 5.41) is 3.50. The molecule has 0 amide bonds. The van der Waals surface area contributed by atoms with Crippen LogP contribution in [0.15, 0.2) is 61.1 Å². The van der Waals surface area contributed by atoms with E-state index in [0.29, 0.717) is 0 Å². The summed E-state index contributed by atoms with van der Waals surface area (Å²) in [5.74, 6) is 6.04. The lowest BCUT2D eigenvalue weighted by Gasteiger charge is -2.37. The molecule has 3 rings (SSSR count). The fourth-order valence-electron chi connectivity index (χ4n) is 2.59. The highest BCUT2D eigenvalue weighted by atomic mass is 15.8. The largest absolute Gasteiger partial charge is 0.333 e. The molecule has 6 nitrogen and oxygen atoms in total. The number of hydrazine groups is 2. The third-order valence-corrected chi connectivity index (χ3v) is 3.60. The van der Waals surface area contributed by atoms with E-state index in [2.05, 4.69) is 21.8 Å². The van der Waals surface area contributed by atoms with Gasteiger partial charge >= 0.3 is 0 Å². The maximum atomic E-state index is 6.04. The van der Waals surface area contributed by atoms with Crippen LogP contribution in [0.4, 0.5) is 0 Å². The number of aromatic nitrogens is 2. The molecular formula is C16H19N6+. The van der Waals surface area contributed by atoms with E-state index in [1.807, 2.05) is 41.4 Å². The Morgan fingerprint density at radius 2 is 1.91 bits per heavy atom. The van der Waals surface area contributed by atoms with Crippen LogP contribution in [-0.2, 0) is 0 Å². The second kappa shape index (κ2) is 6.07. The number of hydrogen-bond acceptors (Lipinski definition) is 5. The Morgan fingerprint density at radius 1 is 1.14 bits per heavy atom. The monoisotopic (exact) mass is 295 g/mol. The molecule has 1 unspecified atom stereocenters. The summed E-state index contributed by atoms with van der Waals surface area (Å²) in [6, 6.07) is 9.75. The van der Waals surface area contributed by atoms with Gasteiger partial charge in [-0.15, -0.1) is 0 Å². The maximum Gasteiger partial charge on any atom is 0.203 e. The number of nitrogens with zero attached hydrogens (tertiary/aromatic N) is 4. The molecule has 1 aliphatic rings. The first-order valence-corrected chi connectivity index (χ1v) is 7.03. The molecule has 5 N–H and O–H groups in total. The first-order valence-electron chi connectivity index (χ1n) is 7.03. The Morgan fingerprint density at radius 3 is 2.55 bits per heavy atom. The second-order valence-corrected chi connectivity index (χ2v) is 5.06. The minimum absolute atomic E-state index is 0.168. The first-order chi connectivity index (χ1) is 10.7. The third-order valence-electron chi connectivity index (χ3n) is 3.60. The van der Waals surface area contributed by atoms with Gasteiger partial charge in [0.05, 0.1) is 17.0 Å². The van der Waals surface area contributed by atoms with Crippen LogP contribution >= 0.6 is 0 Å². The molecule has 6 heteroatoms. The molecule has 0 saturated carbocycles. The Balaban J connectivity index is 2.06. The van der Waals surface area contributed by atoms with E-state index in [9.17, 15) is 0 Å². The van der Waals surface area contributed by atoms with E-state index in [4.69, 9.17) is 5.84 Å². The zero-order valence-electron chi connectivity index (χ0n) is 12.4. The predicted molar refractivity (Wildman–Crippen MR) is 84.9 cm³/mol. The zero-order valence-corrected chi connectivity index (χ0v) is 12.4. The van der Waals surface area contributed by atoms with E-state index in [0.717, 1.165) is 22.5 Å². The SMILES string of the molecule is CN(N)N1C(c2ccncc2)=CC=C(c2ccccn2)C1[NH3+]. The van der Waals surface area contributed by atoms with Crippen molar-refractivity contribution in [1.29, 1.82) is 0 Å². The number of rotatable bonds is 3. The highest BCUT2D eigenvalue weighted by Gasteiger charge is 2.31. The van der Waals surface area contributed by atoms with Crippen molar-refractivity contribution in [1.82, 2.24) is 20.1 Å². The molecule has 0 aromatic carbocycles.